The Hall–Kier alpha value is -1.32. The van der Waals surface area contributed by atoms with Gasteiger partial charge in [-0.05, 0) is 53.4 Å². The molecule has 0 aromatic carbocycles. The normalized spacial score (nSPS) is 26.7. The molecule has 2 heterocycles. The molecule has 4 heteroatoms. The number of Topliss-reactive ketones (excluding diaryl/α,β-unsaturated/α-hetero) is 1. The summed E-state index contributed by atoms with van der Waals surface area (Å²) in [4.78, 5) is 25.9. The second kappa shape index (κ2) is 4.99. The third-order valence-corrected chi connectivity index (χ3v) is 3.74. The van der Waals surface area contributed by atoms with Crippen LogP contribution in [-0.2, 0) is 9.53 Å². The smallest absolute Gasteiger partial charge is 0.411 e. The van der Waals surface area contributed by atoms with Gasteiger partial charge in [0.15, 0.2) is 5.78 Å². The molecule has 0 unspecified atom stereocenters. The molecule has 0 radical (unpaired) electrons. The lowest BCUT2D eigenvalue weighted by atomic mass is 9.97. The molecule has 1 fully saturated rings. The van der Waals surface area contributed by atoms with Crippen molar-refractivity contribution in [1.29, 1.82) is 0 Å². The Bertz CT molecular complexity index is 420. The average Bonchev–Trinajstić information content (AvgIpc) is 2.51. The van der Waals surface area contributed by atoms with Gasteiger partial charge in [0, 0.05) is 11.6 Å². The predicted molar refractivity (Wildman–Crippen MR) is 72.9 cm³/mol. The van der Waals surface area contributed by atoms with Gasteiger partial charge in [0.1, 0.15) is 5.60 Å². The molecule has 0 aliphatic carbocycles. The number of ketones is 1. The van der Waals surface area contributed by atoms with E-state index in [1.807, 2.05) is 26.8 Å². The lowest BCUT2D eigenvalue weighted by molar-refractivity contribution is -0.114. The number of hydrogen-bond donors (Lipinski definition) is 0. The fraction of sp³-hybridized carbons (Fsp3) is 0.733. The maximum absolute atomic E-state index is 12.4. The minimum Gasteiger partial charge on any atom is -0.444 e. The van der Waals surface area contributed by atoms with Gasteiger partial charge in [-0.1, -0.05) is 6.08 Å². The molecule has 1 saturated heterocycles. The number of hydrogen-bond acceptors (Lipinski definition) is 3. The van der Waals surface area contributed by atoms with Crippen molar-refractivity contribution in [2.75, 3.05) is 0 Å². The molecule has 2 aliphatic rings. The third-order valence-electron chi connectivity index (χ3n) is 3.74. The first-order chi connectivity index (χ1) is 8.79. The minimum absolute atomic E-state index is 0.0705. The van der Waals surface area contributed by atoms with Crippen LogP contribution < -0.4 is 0 Å². The van der Waals surface area contributed by atoms with Crippen molar-refractivity contribution in [3.63, 3.8) is 0 Å². The van der Waals surface area contributed by atoms with E-state index in [0.29, 0.717) is 0 Å². The maximum atomic E-state index is 12.4. The largest absolute Gasteiger partial charge is 0.444 e. The van der Waals surface area contributed by atoms with Gasteiger partial charge < -0.3 is 4.74 Å². The van der Waals surface area contributed by atoms with E-state index in [4.69, 9.17) is 4.74 Å². The number of fused-ring (bicyclic) bond motifs is 2. The topological polar surface area (TPSA) is 46.6 Å². The van der Waals surface area contributed by atoms with Crippen LogP contribution in [0.4, 0.5) is 4.79 Å². The van der Waals surface area contributed by atoms with E-state index < -0.39 is 5.60 Å². The SMILES string of the molecule is CC(=O)C1=CCC[C@H]2CC[C@@H]1N2C(=O)OC(C)(C)C. The van der Waals surface area contributed by atoms with Gasteiger partial charge in [-0.3, -0.25) is 9.69 Å². The summed E-state index contributed by atoms with van der Waals surface area (Å²) >= 11 is 0. The molecule has 0 saturated carbocycles. The van der Waals surface area contributed by atoms with Gasteiger partial charge in [-0.15, -0.1) is 0 Å². The first-order valence-electron chi connectivity index (χ1n) is 7.02. The monoisotopic (exact) mass is 265 g/mol. The summed E-state index contributed by atoms with van der Waals surface area (Å²) in [5.74, 6) is 0.0705. The Morgan fingerprint density at radius 2 is 1.95 bits per heavy atom. The van der Waals surface area contributed by atoms with Crippen molar-refractivity contribution in [2.45, 2.75) is 71.1 Å². The van der Waals surface area contributed by atoms with Crippen LogP contribution in [-0.4, -0.2) is 34.5 Å². The number of amides is 1. The molecule has 106 valence electrons. The summed E-state index contributed by atoms with van der Waals surface area (Å²) in [7, 11) is 0. The zero-order valence-electron chi connectivity index (χ0n) is 12.2. The molecule has 2 bridgehead atoms. The lowest BCUT2D eigenvalue weighted by Gasteiger charge is -2.31. The van der Waals surface area contributed by atoms with Crippen LogP contribution in [0.5, 0.6) is 0 Å². The minimum atomic E-state index is -0.497. The maximum Gasteiger partial charge on any atom is 0.411 e. The van der Waals surface area contributed by atoms with E-state index in [1.54, 1.807) is 11.8 Å². The predicted octanol–water partition coefficient (Wildman–Crippen LogP) is 3.06. The molecule has 1 amide bonds. The zero-order chi connectivity index (χ0) is 14.2. The number of carbonyl (C=O) groups excluding carboxylic acids is 2. The first kappa shape index (κ1) is 14.1. The molecular weight excluding hydrogens is 242 g/mol. The Labute approximate surface area is 114 Å². The second-order valence-corrected chi connectivity index (χ2v) is 6.43. The summed E-state index contributed by atoms with van der Waals surface area (Å²) < 4.78 is 5.49. The van der Waals surface area contributed by atoms with Crippen LogP contribution in [0.1, 0.15) is 53.4 Å². The van der Waals surface area contributed by atoms with E-state index in [2.05, 4.69) is 0 Å². The quantitative estimate of drug-likeness (QED) is 0.732. The number of nitrogens with zero attached hydrogens (tertiary/aromatic N) is 1. The van der Waals surface area contributed by atoms with Crippen LogP contribution in [0.3, 0.4) is 0 Å². The Kier molecular flexibility index (Phi) is 3.70. The van der Waals surface area contributed by atoms with Gasteiger partial charge in [-0.2, -0.15) is 0 Å². The van der Waals surface area contributed by atoms with Crippen molar-refractivity contribution < 1.29 is 14.3 Å². The number of carbonyl (C=O) groups is 2. The van der Waals surface area contributed by atoms with E-state index in [1.165, 1.54) is 0 Å². The molecule has 0 aromatic rings. The number of rotatable bonds is 1. The van der Waals surface area contributed by atoms with Crippen molar-refractivity contribution in [1.82, 2.24) is 4.90 Å². The van der Waals surface area contributed by atoms with Crippen molar-refractivity contribution in [3.05, 3.63) is 11.6 Å². The summed E-state index contributed by atoms with van der Waals surface area (Å²) in [6.07, 6.45) is 5.35. The van der Waals surface area contributed by atoms with Crippen molar-refractivity contribution in [3.8, 4) is 0 Å². The molecule has 0 N–H and O–H groups in total. The van der Waals surface area contributed by atoms with Gasteiger partial charge in [0.2, 0.25) is 0 Å². The standard InChI is InChI=1S/C15H23NO3/c1-10(17)12-7-5-6-11-8-9-13(12)16(11)14(18)19-15(2,3)4/h7,11,13H,5-6,8-9H2,1-4H3/t11-,13-/m0/s1. The highest BCUT2D eigenvalue weighted by atomic mass is 16.6. The number of ether oxygens (including phenoxy) is 1. The van der Waals surface area contributed by atoms with E-state index in [-0.39, 0.29) is 24.0 Å². The Morgan fingerprint density at radius 1 is 1.26 bits per heavy atom. The molecule has 2 rings (SSSR count). The van der Waals surface area contributed by atoms with E-state index >= 15 is 0 Å². The van der Waals surface area contributed by atoms with Gasteiger partial charge in [0.25, 0.3) is 0 Å². The van der Waals surface area contributed by atoms with Crippen molar-refractivity contribution in [2.24, 2.45) is 0 Å². The van der Waals surface area contributed by atoms with Crippen LogP contribution in [0.2, 0.25) is 0 Å². The van der Waals surface area contributed by atoms with Crippen LogP contribution in [0.15, 0.2) is 11.6 Å². The second-order valence-electron chi connectivity index (χ2n) is 6.43. The summed E-state index contributed by atoms with van der Waals surface area (Å²) in [6, 6.07) is 0.132. The van der Waals surface area contributed by atoms with Gasteiger partial charge in [0.05, 0.1) is 6.04 Å². The summed E-state index contributed by atoms with van der Waals surface area (Å²) in [6.45, 7) is 7.18. The molecule has 2 atom stereocenters. The highest BCUT2D eigenvalue weighted by Gasteiger charge is 2.42. The molecular formula is C15H23NO3. The van der Waals surface area contributed by atoms with E-state index in [0.717, 1.165) is 31.3 Å². The van der Waals surface area contributed by atoms with Crippen LogP contribution in [0, 0.1) is 0 Å². The molecule has 4 nitrogen and oxygen atoms in total. The Morgan fingerprint density at radius 3 is 2.53 bits per heavy atom. The lowest BCUT2D eigenvalue weighted by Crippen LogP contribution is -2.44. The third kappa shape index (κ3) is 2.99. The fourth-order valence-electron chi connectivity index (χ4n) is 3.01. The highest BCUT2D eigenvalue weighted by Crippen LogP contribution is 2.36. The molecule has 19 heavy (non-hydrogen) atoms. The summed E-state index contributed by atoms with van der Waals surface area (Å²) in [5, 5.41) is 0. The fourth-order valence-corrected chi connectivity index (χ4v) is 3.01. The van der Waals surface area contributed by atoms with Crippen molar-refractivity contribution >= 4 is 11.9 Å². The van der Waals surface area contributed by atoms with E-state index in [9.17, 15) is 9.59 Å². The first-order valence-corrected chi connectivity index (χ1v) is 7.02. The van der Waals surface area contributed by atoms with Crippen LogP contribution in [0.25, 0.3) is 0 Å². The van der Waals surface area contributed by atoms with Gasteiger partial charge >= 0.3 is 6.09 Å². The molecule has 0 aromatic heterocycles. The Balaban J connectivity index is 2.23. The van der Waals surface area contributed by atoms with Crippen LogP contribution >= 0.6 is 0 Å². The summed E-state index contributed by atoms with van der Waals surface area (Å²) in [5.41, 5.74) is 0.286. The van der Waals surface area contributed by atoms with Gasteiger partial charge in [-0.25, -0.2) is 4.79 Å². The highest BCUT2D eigenvalue weighted by molar-refractivity contribution is 5.95. The molecule has 2 aliphatic heterocycles. The number of allylic oxidation sites excluding steroid dienone is 1. The average molecular weight is 265 g/mol. The molecule has 0 spiro atoms. The zero-order valence-corrected chi connectivity index (χ0v) is 12.2.